The van der Waals surface area contributed by atoms with Gasteiger partial charge < -0.3 is 19.6 Å². The zero-order chi connectivity index (χ0) is 17.9. The summed E-state index contributed by atoms with van der Waals surface area (Å²) in [5.41, 5.74) is 0.826. The molecule has 6 heteroatoms. The fourth-order valence-corrected chi connectivity index (χ4v) is 3.75. The first-order valence-electron chi connectivity index (χ1n) is 8.94. The van der Waals surface area contributed by atoms with Gasteiger partial charge in [-0.15, -0.1) is 0 Å². The van der Waals surface area contributed by atoms with Crippen LogP contribution >= 0.6 is 0 Å². The Morgan fingerprint density at radius 3 is 2.60 bits per heavy atom. The first-order valence-corrected chi connectivity index (χ1v) is 8.94. The van der Waals surface area contributed by atoms with E-state index in [2.05, 4.69) is 24.0 Å². The van der Waals surface area contributed by atoms with Crippen LogP contribution in [0, 0.1) is 0 Å². The van der Waals surface area contributed by atoms with Gasteiger partial charge in [-0.25, -0.2) is 4.79 Å². The molecule has 1 aromatic carbocycles. The minimum absolute atomic E-state index is 0.160. The van der Waals surface area contributed by atoms with Crippen LogP contribution in [-0.4, -0.2) is 65.3 Å². The number of rotatable bonds is 6. The number of carboxylic acid groups (broad SMARTS) is 1. The molecule has 2 aliphatic heterocycles. The number of carbonyl (C=O) groups is 2. The molecule has 2 fully saturated rings. The number of nitrogens with zero attached hydrogens (tertiary/aromatic N) is 2. The Morgan fingerprint density at radius 1 is 1.28 bits per heavy atom. The van der Waals surface area contributed by atoms with E-state index in [1.54, 1.807) is 0 Å². The number of piperidine rings is 1. The lowest BCUT2D eigenvalue weighted by Crippen LogP contribution is -2.47. The number of hydrogen-bond acceptors (Lipinski definition) is 4. The molecule has 3 rings (SSSR count). The second-order valence-electron chi connectivity index (χ2n) is 7.23. The second-order valence-corrected chi connectivity index (χ2v) is 7.23. The van der Waals surface area contributed by atoms with Crippen LogP contribution in [0.15, 0.2) is 30.3 Å². The van der Waals surface area contributed by atoms with Crippen LogP contribution < -0.4 is 0 Å². The third-order valence-corrected chi connectivity index (χ3v) is 5.31. The maximum absolute atomic E-state index is 12.3. The van der Waals surface area contributed by atoms with E-state index in [-0.39, 0.29) is 18.4 Å². The minimum atomic E-state index is -0.770. The number of aliphatic carboxylic acids is 1. The fourth-order valence-electron chi connectivity index (χ4n) is 3.75. The van der Waals surface area contributed by atoms with Crippen LogP contribution in [0.3, 0.4) is 0 Å². The molecule has 1 amide bonds. The van der Waals surface area contributed by atoms with Crippen molar-refractivity contribution < 1.29 is 19.4 Å². The predicted molar refractivity (Wildman–Crippen MR) is 93.6 cm³/mol. The lowest BCUT2D eigenvalue weighted by Gasteiger charge is -2.37. The highest BCUT2D eigenvalue weighted by atomic mass is 16.6. The molecule has 1 aromatic rings. The highest BCUT2D eigenvalue weighted by molar-refractivity contribution is 5.71. The van der Waals surface area contributed by atoms with Gasteiger partial charge in [0.2, 0.25) is 0 Å². The average Bonchev–Trinajstić information content (AvgIpc) is 2.90. The summed E-state index contributed by atoms with van der Waals surface area (Å²) in [4.78, 5) is 27.0. The van der Waals surface area contributed by atoms with Gasteiger partial charge in [0.1, 0.15) is 5.60 Å². The van der Waals surface area contributed by atoms with Gasteiger partial charge in [-0.3, -0.25) is 4.79 Å². The highest BCUT2D eigenvalue weighted by Gasteiger charge is 2.47. The average molecular weight is 346 g/mol. The number of benzene rings is 1. The zero-order valence-corrected chi connectivity index (χ0v) is 14.7. The Balaban J connectivity index is 1.53. The maximum atomic E-state index is 12.3. The molecule has 6 nitrogen and oxygen atoms in total. The smallest absolute Gasteiger partial charge is 0.410 e. The molecule has 0 bridgehead atoms. The number of ether oxygens (including phenoxy) is 1. The lowest BCUT2D eigenvalue weighted by atomic mass is 9.91. The van der Waals surface area contributed by atoms with E-state index in [1.807, 2.05) is 23.1 Å². The van der Waals surface area contributed by atoms with Crippen LogP contribution in [-0.2, 0) is 9.53 Å². The molecule has 0 aliphatic carbocycles. The first kappa shape index (κ1) is 17.7. The Kier molecular flexibility index (Phi) is 5.27. The molecular weight excluding hydrogens is 320 g/mol. The molecule has 25 heavy (non-hydrogen) atoms. The second kappa shape index (κ2) is 7.44. The van der Waals surface area contributed by atoms with Crippen molar-refractivity contribution >= 4 is 12.1 Å². The molecule has 0 radical (unpaired) electrons. The number of amides is 1. The van der Waals surface area contributed by atoms with E-state index >= 15 is 0 Å². The summed E-state index contributed by atoms with van der Waals surface area (Å²) in [5.74, 6) is -0.506. The molecule has 0 aromatic heterocycles. The molecule has 2 saturated heterocycles. The Hall–Kier alpha value is -2.08. The van der Waals surface area contributed by atoms with Crippen LogP contribution in [0.1, 0.15) is 37.7 Å². The number of carbonyl (C=O) groups excluding carboxylic acids is 1. The van der Waals surface area contributed by atoms with Crippen molar-refractivity contribution in [2.75, 3.05) is 32.7 Å². The van der Waals surface area contributed by atoms with Crippen LogP contribution in [0.5, 0.6) is 0 Å². The molecular formula is C19H26N2O4. The zero-order valence-electron chi connectivity index (χ0n) is 14.7. The number of likely N-dealkylation sites (tertiary alicyclic amines) is 1. The molecule has 1 spiro atoms. The maximum Gasteiger partial charge on any atom is 0.410 e. The van der Waals surface area contributed by atoms with E-state index in [9.17, 15) is 9.59 Å². The molecule has 0 unspecified atom stereocenters. The van der Waals surface area contributed by atoms with Crippen LogP contribution in [0.2, 0.25) is 0 Å². The SMILES string of the molecule is C[C@@H](CN1CC2(CCN(CCC(=O)O)CC2)OC1=O)c1ccccc1. The van der Waals surface area contributed by atoms with Gasteiger partial charge in [0.05, 0.1) is 13.0 Å². The van der Waals surface area contributed by atoms with Gasteiger partial charge in [0.15, 0.2) is 0 Å². The van der Waals surface area contributed by atoms with E-state index in [0.717, 1.165) is 25.9 Å². The van der Waals surface area contributed by atoms with E-state index < -0.39 is 11.6 Å². The van der Waals surface area contributed by atoms with E-state index in [0.29, 0.717) is 19.6 Å². The van der Waals surface area contributed by atoms with Gasteiger partial charge in [-0.05, 0) is 11.5 Å². The fraction of sp³-hybridized carbons (Fsp3) is 0.579. The highest BCUT2D eigenvalue weighted by Crippen LogP contribution is 2.34. The molecule has 136 valence electrons. The topological polar surface area (TPSA) is 70.1 Å². The van der Waals surface area contributed by atoms with Crippen molar-refractivity contribution in [3.63, 3.8) is 0 Å². The van der Waals surface area contributed by atoms with Crippen molar-refractivity contribution in [1.29, 1.82) is 0 Å². The summed E-state index contributed by atoms with van der Waals surface area (Å²) in [6, 6.07) is 10.2. The van der Waals surface area contributed by atoms with Crippen molar-refractivity contribution in [2.45, 2.75) is 37.7 Å². The van der Waals surface area contributed by atoms with Gasteiger partial charge in [0, 0.05) is 39.0 Å². The summed E-state index contributed by atoms with van der Waals surface area (Å²) >= 11 is 0. The Bertz CT molecular complexity index is 611. The monoisotopic (exact) mass is 346 g/mol. The summed E-state index contributed by atoms with van der Waals surface area (Å²) in [5, 5.41) is 8.79. The summed E-state index contributed by atoms with van der Waals surface area (Å²) < 4.78 is 5.76. The molecule has 0 saturated carbocycles. The molecule has 1 N–H and O–H groups in total. The van der Waals surface area contributed by atoms with Gasteiger partial charge in [-0.1, -0.05) is 37.3 Å². The van der Waals surface area contributed by atoms with Crippen LogP contribution in [0.25, 0.3) is 0 Å². The molecule has 2 heterocycles. The van der Waals surface area contributed by atoms with Gasteiger partial charge in [-0.2, -0.15) is 0 Å². The summed E-state index contributed by atoms with van der Waals surface area (Å²) in [6.45, 7) is 5.55. The molecule has 2 aliphatic rings. The van der Waals surface area contributed by atoms with Crippen molar-refractivity contribution in [2.24, 2.45) is 0 Å². The van der Waals surface area contributed by atoms with Crippen molar-refractivity contribution in [3.8, 4) is 0 Å². The van der Waals surface area contributed by atoms with Crippen molar-refractivity contribution in [1.82, 2.24) is 9.80 Å². The number of hydrogen-bond donors (Lipinski definition) is 1. The largest absolute Gasteiger partial charge is 0.481 e. The van der Waals surface area contributed by atoms with Crippen LogP contribution in [0.4, 0.5) is 4.79 Å². The quantitative estimate of drug-likeness (QED) is 0.857. The number of carboxylic acids is 1. The first-order chi connectivity index (χ1) is 12.0. The predicted octanol–water partition coefficient (Wildman–Crippen LogP) is 2.55. The van der Waals surface area contributed by atoms with E-state index in [4.69, 9.17) is 9.84 Å². The normalized spacial score (nSPS) is 21.3. The Morgan fingerprint density at radius 2 is 1.96 bits per heavy atom. The van der Waals surface area contributed by atoms with Crippen molar-refractivity contribution in [3.05, 3.63) is 35.9 Å². The van der Waals surface area contributed by atoms with Gasteiger partial charge in [0.25, 0.3) is 0 Å². The third-order valence-electron chi connectivity index (χ3n) is 5.31. The minimum Gasteiger partial charge on any atom is -0.481 e. The van der Waals surface area contributed by atoms with E-state index in [1.165, 1.54) is 5.56 Å². The molecule has 1 atom stereocenters. The third kappa shape index (κ3) is 4.31. The summed E-state index contributed by atoms with van der Waals surface area (Å²) in [7, 11) is 0. The standard InChI is InChI=1S/C19H26N2O4/c1-15(16-5-3-2-4-6-16)13-21-14-19(25-18(21)24)8-11-20(12-9-19)10-7-17(22)23/h2-6,15H,7-14H2,1H3,(H,22,23)/t15-/m0/s1. The lowest BCUT2D eigenvalue weighted by molar-refractivity contribution is -0.137. The summed E-state index contributed by atoms with van der Waals surface area (Å²) in [6.07, 6.45) is 1.48. The Labute approximate surface area is 148 Å². The van der Waals surface area contributed by atoms with Gasteiger partial charge >= 0.3 is 12.1 Å².